The molecule has 1 aromatic carbocycles. The van der Waals surface area contributed by atoms with Gasteiger partial charge in [-0.1, -0.05) is 12.1 Å². The van der Waals surface area contributed by atoms with Crippen molar-refractivity contribution in [3.8, 4) is 11.3 Å². The summed E-state index contributed by atoms with van der Waals surface area (Å²) < 4.78 is 41.6. The van der Waals surface area contributed by atoms with Crippen LogP contribution in [0.4, 0.5) is 13.2 Å². The van der Waals surface area contributed by atoms with Gasteiger partial charge in [0.1, 0.15) is 0 Å². The molecule has 2 N–H and O–H groups in total. The van der Waals surface area contributed by atoms with E-state index < -0.39 is 23.0 Å². The number of imidazole rings is 1. The van der Waals surface area contributed by atoms with E-state index in [-0.39, 0.29) is 22.8 Å². The Morgan fingerprint density at radius 2 is 1.88 bits per heavy atom. The topological polar surface area (TPSA) is 109 Å². The van der Waals surface area contributed by atoms with Crippen LogP contribution in [0.15, 0.2) is 64.7 Å². The molecule has 0 saturated heterocycles. The molecular formula is C23H15F3N6O2. The van der Waals surface area contributed by atoms with Gasteiger partial charge in [-0.2, -0.15) is 18.3 Å². The maximum atomic E-state index is 13.3. The molecule has 5 aromatic rings. The lowest BCUT2D eigenvalue weighted by Gasteiger charge is -2.11. The van der Waals surface area contributed by atoms with Crippen molar-refractivity contribution in [2.75, 3.05) is 0 Å². The van der Waals surface area contributed by atoms with Crippen molar-refractivity contribution in [3.05, 3.63) is 92.6 Å². The molecule has 1 aliphatic rings. The van der Waals surface area contributed by atoms with Crippen LogP contribution in [-0.4, -0.2) is 29.5 Å². The fourth-order valence-electron chi connectivity index (χ4n) is 4.50. The highest BCUT2D eigenvalue weighted by molar-refractivity contribution is 5.83. The van der Waals surface area contributed by atoms with Crippen molar-refractivity contribution in [3.63, 3.8) is 0 Å². The minimum Gasteiger partial charge on any atom is -0.313 e. The first kappa shape index (κ1) is 20.3. The van der Waals surface area contributed by atoms with Crippen molar-refractivity contribution in [2.45, 2.75) is 24.4 Å². The first-order chi connectivity index (χ1) is 16.3. The van der Waals surface area contributed by atoms with Gasteiger partial charge in [-0.3, -0.25) is 14.8 Å². The quantitative estimate of drug-likeness (QED) is 0.424. The molecule has 11 heteroatoms. The number of nitrogens with one attached hydrogen (secondary N) is 2. The standard InChI is InChI=1S/C23H15F3N6O2/c24-23(25,26)17-3-4-27-18-7-11(1-2-12(17)18)13-8-14(13)15-9-19(31-32-6-5-28-20(15)32)16-10-29-22(34)30-21(16)33/h1-7,9-10,13-14H,8H2,(H2,29,30,33,34)/t13-,14+/m1/s1. The average Bonchev–Trinajstić information content (AvgIpc) is 3.45. The second kappa shape index (κ2) is 7.11. The van der Waals surface area contributed by atoms with E-state index in [1.807, 2.05) is 0 Å². The molecule has 0 amide bonds. The monoisotopic (exact) mass is 464 g/mol. The second-order valence-electron chi connectivity index (χ2n) is 8.25. The van der Waals surface area contributed by atoms with Crippen molar-refractivity contribution in [1.29, 1.82) is 0 Å². The highest BCUT2D eigenvalue weighted by Crippen LogP contribution is 2.56. The average molecular weight is 464 g/mol. The molecule has 0 aliphatic heterocycles. The number of aromatic nitrogens is 6. The lowest BCUT2D eigenvalue weighted by molar-refractivity contribution is -0.136. The fourth-order valence-corrected chi connectivity index (χ4v) is 4.50. The third kappa shape index (κ3) is 3.28. The van der Waals surface area contributed by atoms with E-state index in [4.69, 9.17) is 0 Å². The number of nitrogens with zero attached hydrogens (tertiary/aromatic N) is 4. The first-order valence-electron chi connectivity index (χ1n) is 10.4. The Morgan fingerprint density at radius 1 is 1.03 bits per heavy atom. The minimum atomic E-state index is -4.45. The molecule has 8 nitrogen and oxygen atoms in total. The molecule has 0 spiro atoms. The van der Waals surface area contributed by atoms with Gasteiger partial charge in [0.15, 0.2) is 5.65 Å². The fraction of sp³-hybridized carbons (Fsp3) is 0.174. The van der Waals surface area contributed by atoms with E-state index in [1.165, 1.54) is 18.5 Å². The molecule has 4 aromatic heterocycles. The summed E-state index contributed by atoms with van der Waals surface area (Å²) in [6, 6.07) is 7.64. The smallest absolute Gasteiger partial charge is 0.313 e. The van der Waals surface area contributed by atoms with Gasteiger partial charge in [-0.15, -0.1) is 0 Å². The van der Waals surface area contributed by atoms with Gasteiger partial charge >= 0.3 is 11.9 Å². The van der Waals surface area contributed by atoms with Crippen LogP contribution in [0, 0.1) is 0 Å². The molecule has 0 unspecified atom stereocenters. The van der Waals surface area contributed by atoms with Crippen LogP contribution in [0.1, 0.15) is 34.9 Å². The van der Waals surface area contributed by atoms with Crippen LogP contribution >= 0.6 is 0 Å². The van der Waals surface area contributed by atoms with Crippen LogP contribution in [0.2, 0.25) is 0 Å². The minimum absolute atomic E-state index is 0.0386. The lowest BCUT2D eigenvalue weighted by atomic mass is 10.0. The normalized spacial score (nSPS) is 18.0. The van der Waals surface area contributed by atoms with Crippen LogP contribution in [0.25, 0.3) is 27.8 Å². The largest absolute Gasteiger partial charge is 0.417 e. The van der Waals surface area contributed by atoms with E-state index in [0.29, 0.717) is 16.9 Å². The molecular weight excluding hydrogens is 449 g/mol. The van der Waals surface area contributed by atoms with Crippen molar-refractivity contribution >= 4 is 16.6 Å². The van der Waals surface area contributed by atoms with E-state index in [1.54, 1.807) is 35.1 Å². The highest BCUT2D eigenvalue weighted by atomic mass is 19.4. The van der Waals surface area contributed by atoms with Gasteiger partial charge in [0.25, 0.3) is 5.56 Å². The maximum Gasteiger partial charge on any atom is 0.417 e. The number of aromatic amines is 2. The summed E-state index contributed by atoms with van der Waals surface area (Å²) >= 11 is 0. The molecule has 4 heterocycles. The van der Waals surface area contributed by atoms with Crippen molar-refractivity contribution in [2.24, 2.45) is 0 Å². The van der Waals surface area contributed by atoms with Crippen molar-refractivity contribution in [1.82, 2.24) is 29.5 Å². The summed E-state index contributed by atoms with van der Waals surface area (Å²) in [7, 11) is 0. The molecule has 0 bridgehead atoms. The van der Waals surface area contributed by atoms with Gasteiger partial charge < -0.3 is 4.98 Å². The highest BCUT2D eigenvalue weighted by Gasteiger charge is 2.42. The van der Waals surface area contributed by atoms with Gasteiger partial charge in [0.2, 0.25) is 0 Å². The van der Waals surface area contributed by atoms with E-state index in [9.17, 15) is 22.8 Å². The SMILES string of the molecule is O=c1[nH]cc(-c2cc([C@H]3C[C@@H]3c3ccc4c(C(F)(F)F)ccnc4c3)c3nccn3n2)c(=O)[nH]1. The summed E-state index contributed by atoms with van der Waals surface area (Å²) in [5.41, 5.74) is 1.38. The van der Waals surface area contributed by atoms with E-state index >= 15 is 0 Å². The molecule has 34 heavy (non-hydrogen) atoms. The number of benzene rings is 1. The zero-order valence-electron chi connectivity index (χ0n) is 17.3. The summed E-state index contributed by atoms with van der Waals surface area (Å²) in [5.74, 6) is 0.0992. The van der Waals surface area contributed by atoms with Gasteiger partial charge in [-0.05, 0) is 42.0 Å². The molecule has 1 saturated carbocycles. The Labute approximate surface area is 188 Å². The third-order valence-electron chi connectivity index (χ3n) is 6.17. The van der Waals surface area contributed by atoms with Crippen molar-refractivity contribution < 1.29 is 13.2 Å². The molecule has 170 valence electrons. The van der Waals surface area contributed by atoms with Gasteiger partial charge in [0, 0.05) is 35.7 Å². The number of rotatable bonds is 3. The van der Waals surface area contributed by atoms with Crippen LogP contribution in [0.5, 0.6) is 0 Å². The predicted molar refractivity (Wildman–Crippen MR) is 117 cm³/mol. The summed E-state index contributed by atoms with van der Waals surface area (Å²) in [6.07, 6.45) is 2.06. The number of pyridine rings is 1. The van der Waals surface area contributed by atoms with Gasteiger partial charge in [0.05, 0.1) is 22.3 Å². The Hall–Kier alpha value is -4.28. The Balaban J connectivity index is 1.41. The number of halogens is 3. The second-order valence-corrected chi connectivity index (χ2v) is 8.25. The number of H-pyrrole nitrogens is 2. The van der Waals surface area contributed by atoms with Crippen LogP contribution in [-0.2, 0) is 6.18 Å². The third-order valence-corrected chi connectivity index (χ3v) is 6.17. The number of hydrogen-bond donors (Lipinski definition) is 2. The summed E-state index contributed by atoms with van der Waals surface area (Å²) in [6.45, 7) is 0. The van der Waals surface area contributed by atoms with E-state index in [0.717, 1.165) is 23.6 Å². The first-order valence-corrected chi connectivity index (χ1v) is 10.4. The predicted octanol–water partition coefficient (Wildman–Crippen LogP) is 3.61. The Kier molecular flexibility index (Phi) is 4.25. The lowest BCUT2D eigenvalue weighted by Crippen LogP contribution is -2.23. The molecule has 6 rings (SSSR count). The molecule has 1 aliphatic carbocycles. The van der Waals surface area contributed by atoms with Crippen LogP contribution in [0.3, 0.4) is 0 Å². The maximum absolute atomic E-state index is 13.3. The number of hydrogen-bond acceptors (Lipinski definition) is 5. The number of alkyl halides is 3. The van der Waals surface area contributed by atoms with E-state index in [2.05, 4.69) is 25.0 Å². The molecule has 1 fully saturated rings. The molecule has 2 atom stereocenters. The zero-order chi connectivity index (χ0) is 23.6. The Morgan fingerprint density at radius 3 is 2.68 bits per heavy atom. The Bertz CT molecular complexity index is 1700. The molecule has 0 radical (unpaired) electrons. The summed E-state index contributed by atoms with van der Waals surface area (Å²) in [5, 5.41) is 4.50. The van der Waals surface area contributed by atoms with Gasteiger partial charge in [-0.25, -0.2) is 14.3 Å². The number of fused-ring (bicyclic) bond motifs is 2. The zero-order valence-corrected chi connectivity index (χ0v) is 17.3. The summed E-state index contributed by atoms with van der Waals surface area (Å²) in [4.78, 5) is 36.8. The van der Waals surface area contributed by atoms with Crippen LogP contribution < -0.4 is 11.2 Å².